The first-order chi connectivity index (χ1) is 7.59. The minimum Gasteiger partial charge on any atom is -0.337 e. The lowest BCUT2D eigenvalue weighted by atomic mass is 10.2. The molecule has 0 bridgehead atoms. The van der Waals surface area contributed by atoms with Crippen molar-refractivity contribution in [1.82, 2.24) is 4.90 Å². The molecule has 2 nitrogen and oxygen atoms in total. The molecular formula is C11H10Br2FNO. The molecule has 0 aromatic heterocycles. The lowest BCUT2D eigenvalue weighted by Crippen LogP contribution is -2.29. The van der Waals surface area contributed by atoms with Crippen molar-refractivity contribution in [2.45, 2.75) is 11.2 Å². The highest BCUT2D eigenvalue weighted by Crippen LogP contribution is 2.23. The standard InChI is InChI=1S/C11H10Br2FNO/c12-7-4-5-15(6-7)11(16)8-2-1-3-9(13)10(8)14/h1-3,7H,4-6H2. The van der Waals surface area contributed by atoms with Crippen LogP contribution in [0.4, 0.5) is 4.39 Å². The minimum atomic E-state index is -0.481. The van der Waals surface area contributed by atoms with E-state index in [0.29, 0.717) is 22.4 Å². The maximum absolute atomic E-state index is 13.7. The van der Waals surface area contributed by atoms with E-state index in [1.165, 1.54) is 6.07 Å². The topological polar surface area (TPSA) is 20.3 Å². The van der Waals surface area contributed by atoms with Gasteiger partial charge in [-0.05, 0) is 34.5 Å². The van der Waals surface area contributed by atoms with E-state index >= 15 is 0 Å². The molecule has 2 rings (SSSR count). The quantitative estimate of drug-likeness (QED) is 0.712. The zero-order chi connectivity index (χ0) is 11.7. The summed E-state index contributed by atoms with van der Waals surface area (Å²) in [4.78, 5) is 14.0. The van der Waals surface area contributed by atoms with Crippen LogP contribution in [-0.4, -0.2) is 28.7 Å². The van der Waals surface area contributed by atoms with Gasteiger partial charge in [-0.3, -0.25) is 4.79 Å². The number of carbonyl (C=O) groups is 1. The number of hydrogen-bond donors (Lipinski definition) is 0. The van der Waals surface area contributed by atoms with Crippen molar-refractivity contribution in [2.75, 3.05) is 13.1 Å². The van der Waals surface area contributed by atoms with Crippen LogP contribution in [0.3, 0.4) is 0 Å². The lowest BCUT2D eigenvalue weighted by molar-refractivity contribution is 0.0788. The highest BCUT2D eigenvalue weighted by atomic mass is 79.9. The molecule has 0 spiro atoms. The first-order valence-corrected chi connectivity index (χ1v) is 6.68. The molecular weight excluding hydrogens is 341 g/mol. The predicted molar refractivity (Wildman–Crippen MR) is 67.3 cm³/mol. The van der Waals surface area contributed by atoms with Gasteiger partial charge in [0.05, 0.1) is 10.0 Å². The molecule has 0 aliphatic carbocycles. The summed E-state index contributed by atoms with van der Waals surface area (Å²) in [6.07, 6.45) is 0.918. The van der Waals surface area contributed by atoms with Crippen molar-refractivity contribution >= 4 is 37.8 Å². The van der Waals surface area contributed by atoms with Crippen LogP contribution in [0.2, 0.25) is 0 Å². The fourth-order valence-electron chi connectivity index (χ4n) is 1.74. The summed E-state index contributed by atoms with van der Waals surface area (Å²) in [6, 6.07) is 4.77. The van der Waals surface area contributed by atoms with Gasteiger partial charge in [-0.25, -0.2) is 4.39 Å². The van der Waals surface area contributed by atoms with Crippen LogP contribution in [0.5, 0.6) is 0 Å². The summed E-state index contributed by atoms with van der Waals surface area (Å²) in [5.41, 5.74) is 0.135. The van der Waals surface area contributed by atoms with Crippen molar-refractivity contribution in [3.63, 3.8) is 0 Å². The van der Waals surface area contributed by atoms with E-state index in [1.54, 1.807) is 17.0 Å². The molecule has 16 heavy (non-hydrogen) atoms. The monoisotopic (exact) mass is 349 g/mol. The Balaban J connectivity index is 2.24. The molecule has 1 unspecified atom stereocenters. The van der Waals surface area contributed by atoms with Crippen LogP contribution in [0.15, 0.2) is 22.7 Å². The second-order valence-electron chi connectivity index (χ2n) is 3.74. The van der Waals surface area contributed by atoms with E-state index in [-0.39, 0.29) is 11.5 Å². The van der Waals surface area contributed by atoms with Gasteiger partial charge in [0.15, 0.2) is 0 Å². The summed E-state index contributed by atoms with van der Waals surface area (Å²) in [7, 11) is 0. The Kier molecular flexibility index (Phi) is 3.64. The van der Waals surface area contributed by atoms with Crippen LogP contribution >= 0.6 is 31.9 Å². The van der Waals surface area contributed by atoms with Crippen LogP contribution in [-0.2, 0) is 0 Å². The maximum Gasteiger partial charge on any atom is 0.256 e. The van der Waals surface area contributed by atoms with Gasteiger partial charge in [0.1, 0.15) is 5.82 Å². The second kappa shape index (κ2) is 4.84. The maximum atomic E-state index is 13.7. The Morgan fingerprint density at radius 1 is 1.50 bits per heavy atom. The first-order valence-electron chi connectivity index (χ1n) is 4.97. The fourth-order valence-corrected chi connectivity index (χ4v) is 2.66. The van der Waals surface area contributed by atoms with E-state index in [9.17, 15) is 9.18 Å². The second-order valence-corrected chi connectivity index (χ2v) is 5.89. The summed E-state index contributed by atoms with van der Waals surface area (Å²) < 4.78 is 14.0. The van der Waals surface area contributed by atoms with Crippen molar-refractivity contribution < 1.29 is 9.18 Å². The normalized spacial score (nSPS) is 20.2. The third-order valence-corrected chi connectivity index (χ3v) is 3.96. The van der Waals surface area contributed by atoms with Gasteiger partial charge >= 0.3 is 0 Å². The molecule has 86 valence electrons. The third-order valence-electron chi connectivity index (χ3n) is 2.60. The van der Waals surface area contributed by atoms with Crippen LogP contribution in [0.1, 0.15) is 16.8 Å². The number of rotatable bonds is 1. The van der Waals surface area contributed by atoms with E-state index < -0.39 is 5.82 Å². The Labute approximate surface area is 110 Å². The molecule has 0 saturated carbocycles. The number of amides is 1. The van der Waals surface area contributed by atoms with E-state index in [0.717, 1.165) is 6.42 Å². The Morgan fingerprint density at radius 3 is 2.88 bits per heavy atom. The molecule has 1 atom stereocenters. The van der Waals surface area contributed by atoms with Crippen LogP contribution < -0.4 is 0 Å². The molecule has 1 aromatic rings. The average molecular weight is 351 g/mol. The molecule has 1 fully saturated rings. The minimum absolute atomic E-state index is 0.135. The Morgan fingerprint density at radius 2 is 2.25 bits per heavy atom. The molecule has 5 heteroatoms. The highest BCUT2D eigenvalue weighted by Gasteiger charge is 2.27. The van der Waals surface area contributed by atoms with Crippen molar-refractivity contribution in [3.05, 3.63) is 34.1 Å². The smallest absolute Gasteiger partial charge is 0.256 e. The van der Waals surface area contributed by atoms with E-state index in [4.69, 9.17) is 0 Å². The number of carbonyl (C=O) groups excluding carboxylic acids is 1. The van der Waals surface area contributed by atoms with E-state index in [1.807, 2.05) is 0 Å². The summed E-state index contributed by atoms with van der Waals surface area (Å²) in [5.74, 6) is -0.716. The molecule has 1 aromatic carbocycles. The number of hydrogen-bond acceptors (Lipinski definition) is 1. The fraction of sp³-hybridized carbons (Fsp3) is 0.364. The summed E-state index contributed by atoms with van der Waals surface area (Å²) >= 11 is 6.54. The zero-order valence-corrected chi connectivity index (χ0v) is 11.6. The molecule has 1 aliphatic heterocycles. The lowest BCUT2D eigenvalue weighted by Gasteiger charge is -2.16. The number of alkyl halides is 1. The average Bonchev–Trinajstić information content (AvgIpc) is 2.68. The Bertz CT molecular complexity index is 424. The van der Waals surface area contributed by atoms with Gasteiger partial charge in [0.25, 0.3) is 5.91 Å². The molecule has 0 radical (unpaired) electrons. The molecule has 1 aliphatic rings. The van der Waals surface area contributed by atoms with Gasteiger partial charge in [0, 0.05) is 17.9 Å². The Hall–Kier alpha value is -0.420. The summed E-state index contributed by atoms with van der Waals surface area (Å²) in [6.45, 7) is 1.32. The number of halogens is 3. The SMILES string of the molecule is O=C(c1cccc(Br)c1F)N1CCC(Br)C1. The van der Waals surface area contributed by atoms with Crippen LogP contribution in [0, 0.1) is 5.82 Å². The third kappa shape index (κ3) is 2.30. The number of likely N-dealkylation sites (tertiary alicyclic amines) is 1. The first kappa shape index (κ1) is 12.0. The van der Waals surface area contributed by atoms with Gasteiger partial charge < -0.3 is 4.90 Å². The predicted octanol–water partition coefficient (Wildman–Crippen LogP) is 3.20. The van der Waals surface area contributed by atoms with Gasteiger partial charge in [0.2, 0.25) is 0 Å². The summed E-state index contributed by atoms with van der Waals surface area (Å²) in [5, 5.41) is 0. The number of nitrogens with zero attached hydrogens (tertiary/aromatic N) is 1. The molecule has 1 heterocycles. The number of benzene rings is 1. The van der Waals surface area contributed by atoms with E-state index in [2.05, 4.69) is 31.9 Å². The van der Waals surface area contributed by atoms with Crippen molar-refractivity contribution in [1.29, 1.82) is 0 Å². The van der Waals surface area contributed by atoms with Crippen molar-refractivity contribution in [3.8, 4) is 0 Å². The molecule has 1 amide bonds. The largest absolute Gasteiger partial charge is 0.337 e. The van der Waals surface area contributed by atoms with Gasteiger partial charge in [-0.1, -0.05) is 22.0 Å². The van der Waals surface area contributed by atoms with Gasteiger partial charge in [-0.2, -0.15) is 0 Å². The molecule has 1 saturated heterocycles. The van der Waals surface area contributed by atoms with Crippen LogP contribution in [0.25, 0.3) is 0 Å². The highest BCUT2D eigenvalue weighted by molar-refractivity contribution is 9.10. The van der Waals surface area contributed by atoms with Crippen molar-refractivity contribution in [2.24, 2.45) is 0 Å². The zero-order valence-electron chi connectivity index (χ0n) is 8.42. The molecule has 0 N–H and O–H groups in total. The van der Waals surface area contributed by atoms with Gasteiger partial charge in [-0.15, -0.1) is 0 Å².